The zero-order valence-electron chi connectivity index (χ0n) is 22.5. The van der Waals surface area contributed by atoms with Gasteiger partial charge >= 0.3 is 0 Å². The molecule has 0 fully saturated rings. The molecule has 0 bridgehead atoms. The molecule has 0 amide bonds. The van der Waals surface area contributed by atoms with Crippen LogP contribution < -0.4 is 21.6 Å². The standard InChI is InChI=1S/C29H29Cl2FN8/c1-16(2)12-34-13-18(5)27(26-15-40(17(3)4)39-38-26)37-21-8-22-28(36-20-6-7-25(32)23(30)9-20)19(11-33)14-35-29(22)24(31)10-21/h6-10,12-15,17,27,37-39H,5H2,1-4H3,(H,35,36)/b34-13-/t27-/m0/s1. The van der Waals surface area contributed by atoms with Crippen molar-refractivity contribution in [2.24, 2.45) is 4.99 Å². The van der Waals surface area contributed by atoms with E-state index < -0.39 is 11.9 Å². The Bertz CT molecular complexity index is 1590. The highest BCUT2D eigenvalue weighted by Crippen LogP contribution is 2.36. The van der Waals surface area contributed by atoms with Gasteiger partial charge in [-0.15, -0.1) is 5.53 Å². The van der Waals surface area contributed by atoms with Crippen LogP contribution in [0.1, 0.15) is 33.3 Å². The van der Waals surface area contributed by atoms with E-state index in [2.05, 4.69) is 58.1 Å². The van der Waals surface area contributed by atoms with Crippen LogP contribution in [-0.2, 0) is 0 Å². The summed E-state index contributed by atoms with van der Waals surface area (Å²) in [7, 11) is 0. The second-order valence-electron chi connectivity index (χ2n) is 9.73. The lowest BCUT2D eigenvalue weighted by Gasteiger charge is -2.22. The molecule has 0 saturated carbocycles. The Hall–Kier alpha value is -4.10. The van der Waals surface area contributed by atoms with Gasteiger partial charge in [0.2, 0.25) is 0 Å². The second kappa shape index (κ2) is 12.4. The topological polar surface area (TPSA) is 100 Å². The molecule has 1 aliphatic rings. The van der Waals surface area contributed by atoms with Gasteiger partial charge in [-0.25, -0.2) is 4.39 Å². The van der Waals surface area contributed by atoms with Gasteiger partial charge in [0, 0.05) is 47.6 Å². The normalized spacial score (nSPS) is 13.7. The molecule has 4 rings (SSSR count). The zero-order valence-corrected chi connectivity index (χ0v) is 24.0. The van der Waals surface area contributed by atoms with Crippen LogP contribution in [0, 0.1) is 17.1 Å². The average molecular weight is 580 g/mol. The van der Waals surface area contributed by atoms with Crippen molar-refractivity contribution in [1.29, 1.82) is 5.26 Å². The van der Waals surface area contributed by atoms with Crippen molar-refractivity contribution in [3.63, 3.8) is 0 Å². The van der Waals surface area contributed by atoms with E-state index in [-0.39, 0.29) is 16.6 Å². The van der Waals surface area contributed by atoms with Crippen LogP contribution in [0.4, 0.5) is 21.5 Å². The predicted molar refractivity (Wildman–Crippen MR) is 162 cm³/mol. The number of aliphatic imine (C=N–C) groups is 1. The van der Waals surface area contributed by atoms with Crippen LogP contribution in [0.5, 0.6) is 0 Å². The summed E-state index contributed by atoms with van der Waals surface area (Å²) in [6, 6.07) is 9.81. The van der Waals surface area contributed by atoms with Crippen molar-refractivity contribution in [3.8, 4) is 6.07 Å². The number of nitriles is 1. The Balaban J connectivity index is 1.78. The first-order valence-corrected chi connectivity index (χ1v) is 13.2. The molecule has 2 aromatic carbocycles. The number of allylic oxidation sites excluding steroid dienone is 1. The van der Waals surface area contributed by atoms with Crippen molar-refractivity contribution in [2.75, 3.05) is 10.6 Å². The molecule has 40 heavy (non-hydrogen) atoms. The molecule has 4 N–H and O–H groups in total. The number of pyridine rings is 1. The number of anilines is 3. The minimum Gasteiger partial charge on any atom is -0.373 e. The summed E-state index contributed by atoms with van der Waals surface area (Å²) in [4.78, 5) is 8.80. The summed E-state index contributed by atoms with van der Waals surface area (Å²) in [6.45, 7) is 12.3. The van der Waals surface area contributed by atoms with Gasteiger partial charge in [0.15, 0.2) is 0 Å². The lowest BCUT2D eigenvalue weighted by Crippen LogP contribution is -2.42. The lowest BCUT2D eigenvalue weighted by molar-refractivity contribution is 0.221. The third-order valence-corrected chi connectivity index (χ3v) is 6.54. The number of halogens is 3. The van der Waals surface area contributed by atoms with E-state index in [0.717, 1.165) is 11.3 Å². The first kappa shape index (κ1) is 28.9. The highest BCUT2D eigenvalue weighted by atomic mass is 35.5. The molecule has 1 aliphatic heterocycles. The van der Waals surface area contributed by atoms with Gasteiger partial charge in [0.1, 0.15) is 11.9 Å². The zero-order chi connectivity index (χ0) is 29.0. The maximum Gasteiger partial charge on any atom is 0.141 e. The number of hydrogen-bond donors (Lipinski definition) is 4. The van der Waals surface area contributed by atoms with Crippen LogP contribution in [0.25, 0.3) is 10.9 Å². The fraction of sp³-hybridized carbons (Fsp3) is 0.207. The van der Waals surface area contributed by atoms with Gasteiger partial charge in [-0.2, -0.15) is 5.26 Å². The predicted octanol–water partition coefficient (Wildman–Crippen LogP) is 7.20. The number of rotatable bonds is 9. The Morgan fingerprint density at radius 2 is 1.95 bits per heavy atom. The van der Waals surface area contributed by atoms with Crippen molar-refractivity contribution in [3.05, 3.63) is 93.8 Å². The molecule has 0 aliphatic carbocycles. The molecule has 0 radical (unpaired) electrons. The molecule has 1 aromatic heterocycles. The molecule has 0 spiro atoms. The summed E-state index contributed by atoms with van der Waals surface area (Å²) in [5, 5.41) is 19.4. The van der Waals surface area contributed by atoms with E-state index in [1.165, 1.54) is 24.4 Å². The largest absolute Gasteiger partial charge is 0.373 e. The number of fused-ring (bicyclic) bond motifs is 1. The molecule has 3 aromatic rings. The highest BCUT2D eigenvalue weighted by molar-refractivity contribution is 6.36. The average Bonchev–Trinajstić information content (AvgIpc) is 3.40. The number of aromatic nitrogens is 1. The van der Waals surface area contributed by atoms with Crippen molar-refractivity contribution >= 4 is 57.4 Å². The van der Waals surface area contributed by atoms with Crippen LogP contribution in [0.2, 0.25) is 10.0 Å². The Morgan fingerprint density at radius 3 is 2.60 bits per heavy atom. The van der Waals surface area contributed by atoms with E-state index in [4.69, 9.17) is 23.2 Å². The van der Waals surface area contributed by atoms with E-state index in [0.29, 0.717) is 38.6 Å². The third kappa shape index (κ3) is 6.54. The third-order valence-electron chi connectivity index (χ3n) is 5.96. The fourth-order valence-corrected chi connectivity index (χ4v) is 4.39. The molecule has 206 valence electrons. The molecule has 11 heteroatoms. The van der Waals surface area contributed by atoms with Crippen molar-refractivity contribution in [2.45, 2.75) is 39.8 Å². The van der Waals surface area contributed by atoms with E-state index >= 15 is 0 Å². The molecular formula is C29H29Cl2FN8. The fourth-order valence-electron chi connectivity index (χ4n) is 3.94. The maximum atomic E-state index is 13.8. The molecule has 8 nitrogen and oxygen atoms in total. The highest BCUT2D eigenvalue weighted by Gasteiger charge is 2.24. The van der Waals surface area contributed by atoms with Gasteiger partial charge in [-0.1, -0.05) is 35.4 Å². The SMILES string of the molecule is C=C(/C=N\C=C(C)C)[C@H](Nc1cc(Cl)c2ncc(C#N)c(Nc3ccc(F)c(Cl)c3)c2c1)C1=CN(C(C)C)NN1. The van der Waals surface area contributed by atoms with Gasteiger partial charge in [0.25, 0.3) is 0 Å². The molecule has 0 saturated heterocycles. The lowest BCUT2D eigenvalue weighted by atomic mass is 10.0. The molecule has 1 atom stereocenters. The Labute approximate surface area is 242 Å². The monoisotopic (exact) mass is 578 g/mol. The van der Waals surface area contributed by atoms with Gasteiger partial charge in [-0.3, -0.25) is 15.0 Å². The van der Waals surface area contributed by atoms with Crippen molar-refractivity contribution < 1.29 is 4.39 Å². The smallest absolute Gasteiger partial charge is 0.141 e. The van der Waals surface area contributed by atoms with Crippen molar-refractivity contribution in [1.82, 2.24) is 21.0 Å². The van der Waals surface area contributed by atoms with Crippen LogP contribution in [0.3, 0.4) is 0 Å². The first-order chi connectivity index (χ1) is 19.1. The number of hydrazine groups is 2. The van der Waals surface area contributed by atoms with E-state index in [1.54, 1.807) is 18.5 Å². The number of hydrogen-bond acceptors (Lipinski definition) is 8. The minimum absolute atomic E-state index is 0.0419. The number of nitrogens with zero attached hydrogens (tertiary/aromatic N) is 4. The van der Waals surface area contributed by atoms with Crippen LogP contribution in [0.15, 0.2) is 77.3 Å². The quantitative estimate of drug-likeness (QED) is 0.199. The van der Waals surface area contributed by atoms with Gasteiger partial charge in [0.05, 0.1) is 38.6 Å². The molecular weight excluding hydrogens is 550 g/mol. The van der Waals surface area contributed by atoms with E-state index in [1.807, 2.05) is 31.1 Å². The maximum absolute atomic E-state index is 13.8. The number of nitrogens with one attached hydrogen (secondary N) is 4. The molecule has 0 unspecified atom stereocenters. The van der Waals surface area contributed by atoms with Crippen LogP contribution in [-0.4, -0.2) is 28.3 Å². The van der Waals surface area contributed by atoms with E-state index in [9.17, 15) is 9.65 Å². The number of benzene rings is 2. The summed E-state index contributed by atoms with van der Waals surface area (Å²) in [6.07, 6.45) is 6.87. The van der Waals surface area contributed by atoms with Gasteiger partial charge in [-0.05, 0) is 63.6 Å². The summed E-state index contributed by atoms with van der Waals surface area (Å²) >= 11 is 12.7. The second-order valence-corrected chi connectivity index (χ2v) is 10.5. The van der Waals surface area contributed by atoms with Crippen LogP contribution >= 0.6 is 23.2 Å². The minimum atomic E-state index is -0.540. The van der Waals surface area contributed by atoms with Gasteiger partial charge < -0.3 is 16.1 Å². The Kier molecular flexibility index (Phi) is 8.95. The first-order valence-electron chi connectivity index (χ1n) is 12.5. The molecule has 2 heterocycles. The summed E-state index contributed by atoms with van der Waals surface area (Å²) in [5.41, 5.74) is 11.3. The summed E-state index contributed by atoms with van der Waals surface area (Å²) < 4.78 is 13.8. The summed E-state index contributed by atoms with van der Waals surface area (Å²) in [5.74, 6) is -0.540. The Morgan fingerprint density at radius 1 is 1.20 bits per heavy atom.